The second-order valence-electron chi connectivity index (χ2n) is 5.93. The minimum absolute atomic E-state index is 0.162. The minimum Gasteiger partial charge on any atom is -0.383 e. The van der Waals surface area contributed by atoms with E-state index in [-0.39, 0.29) is 10.8 Å². The first kappa shape index (κ1) is 18.9. The van der Waals surface area contributed by atoms with Crippen LogP contribution in [0.25, 0.3) is 0 Å². The number of ether oxygens (including phenoxy) is 1. The Morgan fingerprint density at radius 1 is 1.25 bits per heavy atom. The van der Waals surface area contributed by atoms with Gasteiger partial charge in [0.25, 0.3) is 5.91 Å². The zero-order valence-corrected chi connectivity index (χ0v) is 15.2. The average molecular weight is 355 g/mol. The van der Waals surface area contributed by atoms with Crippen molar-refractivity contribution in [3.8, 4) is 0 Å². The van der Waals surface area contributed by atoms with Crippen molar-refractivity contribution in [1.29, 1.82) is 0 Å². The topological polar surface area (TPSA) is 78.9 Å². The summed E-state index contributed by atoms with van der Waals surface area (Å²) < 4.78 is 32.0. The molecule has 0 aromatic heterocycles. The highest BCUT2D eigenvalue weighted by Gasteiger charge is 2.28. The van der Waals surface area contributed by atoms with Crippen LogP contribution in [0.4, 0.5) is 0 Å². The first-order chi connectivity index (χ1) is 11.4. The molecule has 1 aromatic carbocycles. The number of rotatable bonds is 6. The lowest BCUT2D eigenvalue weighted by Crippen LogP contribution is -2.47. The van der Waals surface area contributed by atoms with E-state index in [0.29, 0.717) is 44.9 Å². The van der Waals surface area contributed by atoms with E-state index < -0.39 is 10.0 Å². The molecule has 0 bridgehead atoms. The third-order valence-electron chi connectivity index (χ3n) is 4.15. The van der Waals surface area contributed by atoms with Gasteiger partial charge in [0.15, 0.2) is 0 Å². The smallest absolute Gasteiger partial charge is 0.251 e. The summed E-state index contributed by atoms with van der Waals surface area (Å²) in [6, 6.07) is 4.70. The van der Waals surface area contributed by atoms with E-state index in [1.165, 1.54) is 10.4 Å². The second-order valence-corrected chi connectivity index (χ2v) is 7.87. The molecule has 1 fully saturated rings. The summed E-state index contributed by atoms with van der Waals surface area (Å²) in [7, 11) is -0.0547. The summed E-state index contributed by atoms with van der Waals surface area (Å²) in [5.74, 6) is -0.292. The summed E-state index contributed by atoms with van der Waals surface area (Å²) in [6.07, 6.45) is 0. The van der Waals surface area contributed by atoms with Crippen LogP contribution in [0.3, 0.4) is 0 Å². The molecule has 8 heteroatoms. The number of carbonyl (C=O) groups excluding carboxylic acids is 1. The summed E-state index contributed by atoms with van der Waals surface area (Å²) in [5.41, 5.74) is 1.11. The van der Waals surface area contributed by atoms with Crippen molar-refractivity contribution in [2.75, 3.05) is 53.5 Å². The fraction of sp³-hybridized carbons (Fsp3) is 0.562. The number of hydrogen-bond acceptors (Lipinski definition) is 5. The molecule has 2 rings (SSSR count). The minimum atomic E-state index is -3.58. The van der Waals surface area contributed by atoms with Gasteiger partial charge in [-0.3, -0.25) is 4.79 Å². The second kappa shape index (κ2) is 8.06. The Labute approximate surface area is 143 Å². The summed E-state index contributed by atoms with van der Waals surface area (Å²) in [6.45, 7) is 4.90. The molecule has 0 atom stereocenters. The molecule has 1 amide bonds. The van der Waals surface area contributed by atoms with E-state index in [0.717, 1.165) is 5.56 Å². The number of amides is 1. The molecule has 1 N–H and O–H groups in total. The van der Waals surface area contributed by atoms with E-state index in [2.05, 4.69) is 10.2 Å². The molecular weight excluding hydrogens is 330 g/mol. The van der Waals surface area contributed by atoms with Crippen molar-refractivity contribution < 1.29 is 17.9 Å². The van der Waals surface area contributed by atoms with Crippen LogP contribution in [0.5, 0.6) is 0 Å². The fourth-order valence-electron chi connectivity index (χ4n) is 2.55. The van der Waals surface area contributed by atoms with Crippen molar-refractivity contribution in [2.24, 2.45) is 0 Å². The third-order valence-corrected chi connectivity index (χ3v) is 6.04. The van der Waals surface area contributed by atoms with E-state index >= 15 is 0 Å². The highest BCUT2D eigenvalue weighted by atomic mass is 32.2. The summed E-state index contributed by atoms with van der Waals surface area (Å²) in [4.78, 5) is 14.5. The number of nitrogens with zero attached hydrogens (tertiary/aromatic N) is 2. The molecule has 0 radical (unpaired) electrons. The molecule has 7 nitrogen and oxygen atoms in total. The Bertz CT molecular complexity index is 683. The van der Waals surface area contributed by atoms with Gasteiger partial charge in [-0.05, 0) is 31.7 Å². The quantitative estimate of drug-likeness (QED) is 0.743. The maximum Gasteiger partial charge on any atom is 0.251 e. The van der Waals surface area contributed by atoms with Crippen molar-refractivity contribution in [3.05, 3.63) is 29.3 Å². The molecule has 24 heavy (non-hydrogen) atoms. The third kappa shape index (κ3) is 4.32. The van der Waals surface area contributed by atoms with Crippen LogP contribution in [-0.4, -0.2) is 77.0 Å². The predicted octanol–water partition coefficient (Wildman–Crippen LogP) is 0.307. The SMILES string of the molecule is COCCNC(=O)c1cc(S(=O)(=O)N2CCN(C)CC2)ccc1C. The molecule has 0 unspecified atom stereocenters. The summed E-state index contributed by atoms with van der Waals surface area (Å²) >= 11 is 0. The van der Waals surface area contributed by atoms with Crippen LogP contribution in [0.15, 0.2) is 23.1 Å². The van der Waals surface area contributed by atoms with Gasteiger partial charge in [0, 0.05) is 45.4 Å². The van der Waals surface area contributed by atoms with Gasteiger partial charge in [-0.2, -0.15) is 4.31 Å². The van der Waals surface area contributed by atoms with E-state index in [1.54, 1.807) is 26.2 Å². The molecule has 1 aliphatic heterocycles. The number of benzene rings is 1. The Hall–Kier alpha value is -1.48. The molecule has 1 aliphatic rings. The zero-order valence-electron chi connectivity index (χ0n) is 14.4. The molecular formula is C16H25N3O4S. The molecule has 1 heterocycles. The number of hydrogen-bond donors (Lipinski definition) is 1. The Morgan fingerprint density at radius 2 is 1.92 bits per heavy atom. The number of piperazine rings is 1. The lowest BCUT2D eigenvalue weighted by Gasteiger charge is -2.31. The number of sulfonamides is 1. The number of carbonyl (C=O) groups is 1. The molecule has 0 saturated carbocycles. The fourth-order valence-corrected chi connectivity index (χ4v) is 3.99. The molecule has 0 spiro atoms. The number of nitrogens with one attached hydrogen (secondary N) is 1. The van der Waals surface area contributed by atoms with E-state index in [1.807, 2.05) is 7.05 Å². The van der Waals surface area contributed by atoms with Crippen molar-refractivity contribution in [2.45, 2.75) is 11.8 Å². The number of likely N-dealkylation sites (N-methyl/N-ethyl adjacent to an activating group) is 1. The number of aryl methyl sites for hydroxylation is 1. The molecule has 0 aliphatic carbocycles. The molecule has 134 valence electrons. The van der Waals surface area contributed by atoms with Crippen LogP contribution in [-0.2, 0) is 14.8 Å². The summed E-state index contributed by atoms with van der Waals surface area (Å²) in [5, 5.41) is 2.73. The highest BCUT2D eigenvalue weighted by molar-refractivity contribution is 7.89. The van der Waals surface area contributed by atoms with Crippen molar-refractivity contribution in [1.82, 2.24) is 14.5 Å². The zero-order chi connectivity index (χ0) is 17.7. The maximum absolute atomic E-state index is 12.8. The van der Waals surface area contributed by atoms with Gasteiger partial charge in [0.1, 0.15) is 0 Å². The van der Waals surface area contributed by atoms with Crippen LogP contribution in [0.1, 0.15) is 15.9 Å². The first-order valence-corrected chi connectivity index (χ1v) is 9.36. The maximum atomic E-state index is 12.8. The van der Waals surface area contributed by atoms with Gasteiger partial charge in [0.05, 0.1) is 11.5 Å². The Morgan fingerprint density at radius 3 is 2.54 bits per heavy atom. The van der Waals surface area contributed by atoms with Crippen LogP contribution >= 0.6 is 0 Å². The van der Waals surface area contributed by atoms with Gasteiger partial charge >= 0.3 is 0 Å². The standard InChI is InChI=1S/C16H25N3O4S/c1-13-4-5-14(12-15(13)16(20)17-6-11-23-3)24(21,22)19-9-7-18(2)8-10-19/h4-5,12H,6-11H2,1-3H3,(H,17,20). The first-order valence-electron chi connectivity index (χ1n) is 7.92. The lowest BCUT2D eigenvalue weighted by molar-refractivity contribution is 0.0936. The van der Waals surface area contributed by atoms with Crippen LogP contribution < -0.4 is 5.32 Å². The highest BCUT2D eigenvalue weighted by Crippen LogP contribution is 2.20. The van der Waals surface area contributed by atoms with E-state index in [4.69, 9.17) is 4.74 Å². The van der Waals surface area contributed by atoms with Gasteiger partial charge in [-0.25, -0.2) is 8.42 Å². The van der Waals surface area contributed by atoms with Crippen LogP contribution in [0.2, 0.25) is 0 Å². The average Bonchev–Trinajstić information content (AvgIpc) is 2.55. The van der Waals surface area contributed by atoms with Crippen LogP contribution in [0, 0.1) is 6.92 Å². The van der Waals surface area contributed by atoms with Crippen molar-refractivity contribution in [3.63, 3.8) is 0 Å². The molecule has 1 saturated heterocycles. The van der Waals surface area contributed by atoms with Crippen molar-refractivity contribution >= 4 is 15.9 Å². The van der Waals surface area contributed by atoms with Gasteiger partial charge in [0.2, 0.25) is 10.0 Å². The number of methoxy groups -OCH3 is 1. The van der Waals surface area contributed by atoms with Gasteiger partial charge in [-0.15, -0.1) is 0 Å². The molecule has 1 aromatic rings. The monoisotopic (exact) mass is 355 g/mol. The van der Waals surface area contributed by atoms with E-state index in [9.17, 15) is 13.2 Å². The Kier molecular flexibility index (Phi) is 6.34. The largest absolute Gasteiger partial charge is 0.383 e. The Balaban J connectivity index is 2.21. The van der Waals surface area contributed by atoms with Gasteiger partial charge < -0.3 is 15.0 Å². The normalized spacial score (nSPS) is 17.0. The lowest BCUT2D eigenvalue weighted by atomic mass is 10.1. The predicted molar refractivity (Wildman–Crippen MR) is 91.6 cm³/mol. The van der Waals surface area contributed by atoms with Gasteiger partial charge in [-0.1, -0.05) is 6.07 Å².